The number of rotatable bonds is 3. The first-order chi connectivity index (χ1) is 13.2. The number of aryl methyl sites for hydroxylation is 1. The Bertz CT molecular complexity index is 1180. The second-order valence-electron chi connectivity index (χ2n) is 6.74. The van der Waals surface area contributed by atoms with Crippen LogP contribution in [0.15, 0.2) is 35.4 Å². The maximum absolute atomic E-state index is 12.4. The van der Waals surface area contributed by atoms with Crippen molar-refractivity contribution in [2.24, 2.45) is 0 Å². The number of nitrogens with zero attached hydrogens (tertiary/aromatic N) is 3. The quantitative estimate of drug-likeness (QED) is 0.579. The first kappa shape index (κ1) is 16.2. The minimum absolute atomic E-state index is 0.140. The minimum atomic E-state index is -0.195. The molecule has 5 heterocycles. The van der Waals surface area contributed by atoms with Gasteiger partial charge in [0.15, 0.2) is 5.65 Å². The van der Waals surface area contributed by atoms with Crippen LogP contribution in [0, 0.1) is 6.92 Å². The Hall–Kier alpha value is -2.97. The van der Waals surface area contributed by atoms with Crippen LogP contribution >= 0.6 is 0 Å². The molecule has 0 spiro atoms. The molecule has 5 rings (SSSR count). The fourth-order valence-electron chi connectivity index (χ4n) is 3.57. The van der Waals surface area contributed by atoms with Crippen LogP contribution in [0.2, 0.25) is 0 Å². The second-order valence-corrected chi connectivity index (χ2v) is 6.74. The summed E-state index contributed by atoms with van der Waals surface area (Å²) in [5.41, 5.74) is 4.80. The zero-order valence-electron chi connectivity index (χ0n) is 14.9. The number of pyridine rings is 2. The van der Waals surface area contributed by atoms with Crippen molar-refractivity contribution in [1.82, 2.24) is 24.5 Å². The normalized spacial score (nSPS) is 17.7. The Morgan fingerprint density at radius 3 is 3.07 bits per heavy atom. The van der Waals surface area contributed by atoms with Crippen molar-refractivity contribution in [1.29, 1.82) is 0 Å². The molecule has 1 saturated heterocycles. The Morgan fingerprint density at radius 1 is 1.30 bits per heavy atom. The first-order valence-corrected chi connectivity index (χ1v) is 8.92. The molecule has 0 radical (unpaired) electrons. The smallest absolute Gasteiger partial charge is 0.327 e. The van der Waals surface area contributed by atoms with Crippen LogP contribution in [0.5, 0.6) is 0 Å². The molecule has 4 aromatic rings. The van der Waals surface area contributed by atoms with Gasteiger partial charge in [0.05, 0.1) is 38.0 Å². The molecule has 27 heavy (non-hydrogen) atoms. The van der Waals surface area contributed by atoms with E-state index < -0.39 is 0 Å². The predicted octanol–water partition coefficient (Wildman–Crippen LogP) is 1.99. The average molecular weight is 365 g/mol. The highest BCUT2D eigenvalue weighted by Gasteiger charge is 2.19. The first-order valence-electron chi connectivity index (χ1n) is 8.92. The number of ether oxygens (including phenoxy) is 2. The molecule has 0 aromatic carbocycles. The summed E-state index contributed by atoms with van der Waals surface area (Å²) in [6, 6.07) is 6.06. The Balaban J connectivity index is 1.60. The number of aromatic nitrogens is 5. The lowest BCUT2D eigenvalue weighted by atomic mass is 10.1. The van der Waals surface area contributed by atoms with Crippen molar-refractivity contribution in [3.05, 3.63) is 46.8 Å². The summed E-state index contributed by atoms with van der Waals surface area (Å²) < 4.78 is 12.8. The van der Waals surface area contributed by atoms with Gasteiger partial charge in [-0.3, -0.25) is 9.55 Å². The summed E-state index contributed by atoms with van der Waals surface area (Å²) in [6.07, 6.45) is 3.50. The van der Waals surface area contributed by atoms with Gasteiger partial charge in [-0.1, -0.05) is 0 Å². The lowest BCUT2D eigenvalue weighted by Crippen LogP contribution is -2.34. The van der Waals surface area contributed by atoms with E-state index in [1.807, 2.05) is 25.3 Å². The van der Waals surface area contributed by atoms with Crippen LogP contribution < -0.4 is 5.69 Å². The highest BCUT2D eigenvalue weighted by molar-refractivity contribution is 5.85. The largest absolute Gasteiger partial charge is 0.376 e. The van der Waals surface area contributed by atoms with Gasteiger partial charge in [0.25, 0.3) is 0 Å². The molecule has 1 fully saturated rings. The molecule has 0 unspecified atom stereocenters. The number of hydrogen-bond acceptors (Lipinski definition) is 5. The van der Waals surface area contributed by atoms with E-state index in [2.05, 4.69) is 26.0 Å². The fourth-order valence-corrected chi connectivity index (χ4v) is 3.57. The van der Waals surface area contributed by atoms with E-state index in [0.717, 1.165) is 33.4 Å². The van der Waals surface area contributed by atoms with Gasteiger partial charge < -0.3 is 14.5 Å². The van der Waals surface area contributed by atoms with Crippen molar-refractivity contribution in [3.63, 3.8) is 0 Å². The van der Waals surface area contributed by atoms with Crippen LogP contribution in [-0.2, 0) is 16.0 Å². The van der Waals surface area contributed by atoms with Crippen LogP contribution in [0.4, 0.5) is 0 Å². The molecule has 0 aliphatic carbocycles. The van der Waals surface area contributed by atoms with Gasteiger partial charge in [0.2, 0.25) is 0 Å². The molecule has 1 aliphatic heterocycles. The summed E-state index contributed by atoms with van der Waals surface area (Å²) in [4.78, 5) is 27.4. The van der Waals surface area contributed by atoms with Crippen LogP contribution in [0.3, 0.4) is 0 Å². The van der Waals surface area contributed by atoms with E-state index in [9.17, 15) is 4.79 Å². The minimum Gasteiger partial charge on any atom is -0.376 e. The number of hydrogen-bond donors (Lipinski definition) is 2. The Kier molecular flexibility index (Phi) is 3.80. The maximum Gasteiger partial charge on any atom is 0.327 e. The van der Waals surface area contributed by atoms with Gasteiger partial charge in [-0.05, 0) is 25.1 Å². The van der Waals surface area contributed by atoms with E-state index in [0.29, 0.717) is 32.0 Å². The summed E-state index contributed by atoms with van der Waals surface area (Å²) in [7, 11) is 0. The molecule has 138 valence electrons. The molecular formula is C19H19N5O3. The van der Waals surface area contributed by atoms with E-state index in [4.69, 9.17) is 9.47 Å². The average Bonchev–Trinajstić information content (AvgIpc) is 3.25. The molecule has 0 saturated carbocycles. The molecule has 0 bridgehead atoms. The third-order valence-corrected chi connectivity index (χ3v) is 4.94. The topological polar surface area (TPSA) is 97.8 Å². The zero-order chi connectivity index (χ0) is 18.4. The monoisotopic (exact) mass is 365 g/mol. The van der Waals surface area contributed by atoms with Crippen LogP contribution in [-0.4, -0.2) is 50.4 Å². The summed E-state index contributed by atoms with van der Waals surface area (Å²) in [6.45, 7) is 4.03. The van der Waals surface area contributed by atoms with E-state index in [-0.39, 0.29) is 11.8 Å². The zero-order valence-corrected chi connectivity index (χ0v) is 14.9. The van der Waals surface area contributed by atoms with Crippen molar-refractivity contribution in [3.8, 4) is 11.1 Å². The molecule has 1 atom stereocenters. The third kappa shape index (κ3) is 2.83. The molecule has 4 aromatic heterocycles. The van der Waals surface area contributed by atoms with Crippen molar-refractivity contribution >= 4 is 22.2 Å². The van der Waals surface area contributed by atoms with Gasteiger partial charge in [0, 0.05) is 34.6 Å². The van der Waals surface area contributed by atoms with Gasteiger partial charge >= 0.3 is 5.69 Å². The van der Waals surface area contributed by atoms with Crippen LogP contribution in [0.1, 0.15) is 5.69 Å². The maximum atomic E-state index is 12.4. The number of H-pyrrole nitrogens is 2. The van der Waals surface area contributed by atoms with Crippen molar-refractivity contribution in [2.45, 2.75) is 19.6 Å². The lowest BCUT2D eigenvalue weighted by Gasteiger charge is -2.23. The predicted molar refractivity (Wildman–Crippen MR) is 101 cm³/mol. The second kappa shape index (κ2) is 6.33. The molecule has 8 nitrogen and oxygen atoms in total. The molecule has 2 N–H and O–H groups in total. The molecule has 0 amide bonds. The van der Waals surface area contributed by atoms with E-state index >= 15 is 0 Å². The fraction of sp³-hybridized carbons (Fsp3) is 0.316. The highest BCUT2D eigenvalue weighted by Crippen LogP contribution is 2.27. The number of imidazole rings is 1. The Labute approximate surface area is 154 Å². The molecule has 1 aliphatic rings. The molecular weight excluding hydrogens is 346 g/mol. The third-order valence-electron chi connectivity index (χ3n) is 4.94. The van der Waals surface area contributed by atoms with Crippen molar-refractivity contribution in [2.75, 3.05) is 19.8 Å². The number of fused-ring (bicyclic) bond motifs is 2. The van der Waals surface area contributed by atoms with Crippen molar-refractivity contribution < 1.29 is 9.47 Å². The summed E-state index contributed by atoms with van der Waals surface area (Å²) in [5, 5.41) is 1.04. The van der Waals surface area contributed by atoms with Crippen LogP contribution in [0.25, 0.3) is 33.3 Å². The highest BCUT2D eigenvalue weighted by atomic mass is 16.6. The van der Waals surface area contributed by atoms with E-state index in [1.54, 1.807) is 10.8 Å². The van der Waals surface area contributed by atoms with Gasteiger partial charge in [-0.15, -0.1) is 0 Å². The van der Waals surface area contributed by atoms with E-state index in [1.165, 1.54) is 0 Å². The SMILES string of the molecule is Cc1nc2[nH]ccc2cc1-c1cnc2[nH]c(=O)n(C[C@H]3COCCO3)c2c1. The summed E-state index contributed by atoms with van der Waals surface area (Å²) >= 11 is 0. The molecule has 8 heteroatoms. The number of nitrogens with one attached hydrogen (secondary N) is 2. The Morgan fingerprint density at radius 2 is 2.22 bits per heavy atom. The van der Waals surface area contributed by atoms with Gasteiger partial charge in [0.1, 0.15) is 5.65 Å². The van der Waals surface area contributed by atoms with Gasteiger partial charge in [-0.25, -0.2) is 14.8 Å². The van der Waals surface area contributed by atoms with Gasteiger partial charge in [-0.2, -0.15) is 0 Å². The summed E-state index contributed by atoms with van der Waals surface area (Å²) in [5.74, 6) is 0. The lowest BCUT2D eigenvalue weighted by molar-refractivity contribution is -0.0934. The number of aromatic amines is 2. The standard InChI is InChI=1S/C19H19N5O3/c1-11-15(6-12-2-3-20-17(12)22-11)13-7-16-18(21-8-13)23-19(25)24(16)9-14-10-26-4-5-27-14/h2-3,6-8,14H,4-5,9-10H2,1H3,(H,20,22)(H,21,23,25)/t14-/m0/s1.